The SMILES string of the molecule is O=C(CCOCC(F)F)N[C@H](C(=O)O)c1ccccc1. The third-order valence-electron chi connectivity index (χ3n) is 2.40. The topological polar surface area (TPSA) is 75.6 Å². The Hall–Kier alpha value is -2.02. The number of hydrogen-bond acceptors (Lipinski definition) is 3. The molecular formula is C13H15F2NO4. The molecule has 0 aliphatic heterocycles. The fourth-order valence-electron chi connectivity index (χ4n) is 1.50. The molecule has 0 aromatic heterocycles. The molecule has 5 nitrogen and oxygen atoms in total. The van der Waals surface area contributed by atoms with Crippen LogP contribution in [-0.4, -0.2) is 36.6 Å². The maximum atomic E-state index is 11.8. The molecule has 0 fully saturated rings. The summed E-state index contributed by atoms with van der Waals surface area (Å²) in [6, 6.07) is 7.02. The van der Waals surface area contributed by atoms with Gasteiger partial charge in [-0.05, 0) is 5.56 Å². The van der Waals surface area contributed by atoms with Crippen LogP contribution < -0.4 is 5.32 Å². The molecule has 0 aliphatic carbocycles. The summed E-state index contributed by atoms with van der Waals surface area (Å²) in [7, 11) is 0. The lowest BCUT2D eigenvalue weighted by Gasteiger charge is -2.14. The molecule has 0 unspecified atom stereocenters. The molecule has 7 heteroatoms. The van der Waals surface area contributed by atoms with E-state index in [1.807, 2.05) is 0 Å². The van der Waals surface area contributed by atoms with E-state index in [-0.39, 0.29) is 13.0 Å². The van der Waals surface area contributed by atoms with Crippen molar-refractivity contribution in [2.45, 2.75) is 18.9 Å². The fraction of sp³-hybridized carbons (Fsp3) is 0.385. The Morgan fingerprint density at radius 2 is 1.90 bits per heavy atom. The number of amides is 1. The van der Waals surface area contributed by atoms with Gasteiger partial charge in [0.1, 0.15) is 6.61 Å². The van der Waals surface area contributed by atoms with Crippen LogP contribution in [-0.2, 0) is 14.3 Å². The first-order valence-corrected chi connectivity index (χ1v) is 5.93. The minimum absolute atomic E-state index is 0.177. The Labute approximate surface area is 114 Å². The summed E-state index contributed by atoms with van der Waals surface area (Å²) >= 11 is 0. The predicted octanol–water partition coefficient (Wildman–Crippen LogP) is 1.60. The van der Waals surface area contributed by atoms with Gasteiger partial charge in [0.05, 0.1) is 6.61 Å². The zero-order chi connectivity index (χ0) is 15.0. The van der Waals surface area contributed by atoms with Crippen LogP contribution in [0.15, 0.2) is 30.3 Å². The number of nitrogens with one attached hydrogen (secondary N) is 1. The molecule has 110 valence electrons. The van der Waals surface area contributed by atoms with Crippen LogP contribution in [0.4, 0.5) is 8.78 Å². The number of carbonyl (C=O) groups is 2. The molecule has 1 atom stereocenters. The average molecular weight is 287 g/mol. The molecule has 0 bridgehead atoms. The first-order valence-electron chi connectivity index (χ1n) is 5.93. The summed E-state index contributed by atoms with van der Waals surface area (Å²) in [5.41, 5.74) is 0.432. The summed E-state index contributed by atoms with van der Waals surface area (Å²) in [6.45, 7) is -0.925. The Kier molecular flexibility index (Phi) is 6.58. The highest BCUT2D eigenvalue weighted by Crippen LogP contribution is 2.12. The second-order valence-corrected chi connectivity index (χ2v) is 3.97. The van der Waals surface area contributed by atoms with E-state index in [0.29, 0.717) is 5.56 Å². The molecule has 1 amide bonds. The molecule has 1 rings (SSSR count). The van der Waals surface area contributed by atoms with Gasteiger partial charge in [-0.1, -0.05) is 30.3 Å². The summed E-state index contributed by atoms with van der Waals surface area (Å²) in [5, 5.41) is 11.4. The lowest BCUT2D eigenvalue weighted by Crippen LogP contribution is -2.34. The van der Waals surface area contributed by atoms with Gasteiger partial charge in [-0.25, -0.2) is 13.6 Å². The van der Waals surface area contributed by atoms with Crippen LogP contribution in [0, 0.1) is 0 Å². The van der Waals surface area contributed by atoms with Crippen LogP contribution in [0.1, 0.15) is 18.0 Å². The van der Waals surface area contributed by atoms with Gasteiger partial charge in [0.2, 0.25) is 5.91 Å². The van der Waals surface area contributed by atoms with Gasteiger partial charge in [-0.15, -0.1) is 0 Å². The third kappa shape index (κ3) is 5.75. The van der Waals surface area contributed by atoms with Gasteiger partial charge in [-0.2, -0.15) is 0 Å². The van der Waals surface area contributed by atoms with E-state index in [1.54, 1.807) is 30.3 Å². The number of rotatable bonds is 8. The van der Waals surface area contributed by atoms with E-state index < -0.39 is 31.0 Å². The first kappa shape index (κ1) is 16.0. The highest BCUT2D eigenvalue weighted by molar-refractivity contribution is 5.84. The molecule has 1 aromatic carbocycles. The monoisotopic (exact) mass is 287 g/mol. The molecule has 20 heavy (non-hydrogen) atoms. The van der Waals surface area contributed by atoms with Crippen LogP contribution in [0.5, 0.6) is 0 Å². The molecule has 0 saturated carbocycles. The van der Waals surface area contributed by atoms with Crippen molar-refractivity contribution in [1.82, 2.24) is 5.32 Å². The molecular weight excluding hydrogens is 272 g/mol. The zero-order valence-electron chi connectivity index (χ0n) is 10.6. The Morgan fingerprint density at radius 3 is 2.45 bits per heavy atom. The first-order chi connectivity index (χ1) is 9.50. The van der Waals surface area contributed by atoms with E-state index in [0.717, 1.165) is 0 Å². The normalized spacial score (nSPS) is 12.2. The van der Waals surface area contributed by atoms with E-state index >= 15 is 0 Å². The summed E-state index contributed by atoms with van der Waals surface area (Å²) in [4.78, 5) is 22.6. The van der Waals surface area contributed by atoms with Gasteiger partial charge in [-0.3, -0.25) is 4.79 Å². The largest absolute Gasteiger partial charge is 0.479 e. The number of benzene rings is 1. The molecule has 2 N–H and O–H groups in total. The molecule has 0 aliphatic rings. The molecule has 0 spiro atoms. The Bertz CT molecular complexity index is 439. The second-order valence-electron chi connectivity index (χ2n) is 3.97. The molecule has 0 saturated heterocycles. The lowest BCUT2D eigenvalue weighted by molar-refractivity contribution is -0.142. The lowest BCUT2D eigenvalue weighted by atomic mass is 10.1. The number of aliphatic carboxylic acids is 1. The minimum Gasteiger partial charge on any atom is -0.479 e. The van der Waals surface area contributed by atoms with Gasteiger partial charge in [0.25, 0.3) is 6.43 Å². The van der Waals surface area contributed by atoms with E-state index in [4.69, 9.17) is 5.11 Å². The van der Waals surface area contributed by atoms with Crippen LogP contribution in [0.25, 0.3) is 0 Å². The molecule has 1 aromatic rings. The van der Waals surface area contributed by atoms with Crippen molar-refractivity contribution in [1.29, 1.82) is 0 Å². The van der Waals surface area contributed by atoms with Crippen LogP contribution >= 0.6 is 0 Å². The quantitative estimate of drug-likeness (QED) is 0.712. The fourth-order valence-corrected chi connectivity index (χ4v) is 1.50. The maximum absolute atomic E-state index is 11.8. The highest BCUT2D eigenvalue weighted by Gasteiger charge is 2.21. The van der Waals surface area contributed by atoms with Crippen molar-refractivity contribution in [2.75, 3.05) is 13.2 Å². The number of carboxylic acids is 1. The van der Waals surface area contributed by atoms with Crippen LogP contribution in [0.2, 0.25) is 0 Å². The average Bonchev–Trinajstić information content (AvgIpc) is 2.41. The van der Waals surface area contributed by atoms with Gasteiger partial charge in [0, 0.05) is 6.42 Å². The van der Waals surface area contributed by atoms with Gasteiger partial charge < -0.3 is 15.2 Å². The van der Waals surface area contributed by atoms with Crippen molar-refractivity contribution in [2.24, 2.45) is 0 Å². The minimum atomic E-state index is -2.59. The van der Waals surface area contributed by atoms with Crippen molar-refractivity contribution in [3.05, 3.63) is 35.9 Å². The number of carbonyl (C=O) groups excluding carboxylic acids is 1. The van der Waals surface area contributed by atoms with Gasteiger partial charge >= 0.3 is 5.97 Å². The van der Waals surface area contributed by atoms with E-state index in [9.17, 15) is 18.4 Å². The van der Waals surface area contributed by atoms with Crippen LogP contribution in [0.3, 0.4) is 0 Å². The van der Waals surface area contributed by atoms with Crippen molar-refractivity contribution < 1.29 is 28.2 Å². The third-order valence-corrected chi connectivity index (χ3v) is 2.40. The number of alkyl halides is 2. The predicted molar refractivity (Wildman–Crippen MR) is 66.4 cm³/mol. The van der Waals surface area contributed by atoms with Gasteiger partial charge in [0.15, 0.2) is 6.04 Å². The Morgan fingerprint density at radius 1 is 1.25 bits per heavy atom. The molecule has 0 heterocycles. The maximum Gasteiger partial charge on any atom is 0.330 e. The van der Waals surface area contributed by atoms with E-state index in [2.05, 4.69) is 10.1 Å². The number of ether oxygens (including phenoxy) is 1. The summed E-state index contributed by atoms with van der Waals surface area (Å²) in [5.74, 6) is -1.77. The van der Waals surface area contributed by atoms with E-state index in [1.165, 1.54) is 0 Å². The van der Waals surface area contributed by atoms with Crippen molar-refractivity contribution in [3.63, 3.8) is 0 Å². The number of hydrogen-bond donors (Lipinski definition) is 2. The van der Waals surface area contributed by atoms with Crippen molar-refractivity contribution >= 4 is 11.9 Å². The highest BCUT2D eigenvalue weighted by atomic mass is 19.3. The second kappa shape index (κ2) is 8.21. The summed E-state index contributed by atoms with van der Waals surface area (Å²) in [6.07, 6.45) is -2.77. The zero-order valence-corrected chi connectivity index (χ0v) is 10.6. The molecule has 0 radical (unpaired) electrons. The number of carboxylic acid groups (broad SMARTS) is 1. The number of halogens is 2. The smallest absolute Gasteiger partial charge is 0.330 e. The van der Waals surface area contributed by atoms with Crippen molar-refractivity contribution in [3.8, 4) is 0 Å². The standard InChI is InChI=1S/C13H15F2NO4/c14-10(15)8-20-7-6-11(17)16-12(13(18)19)9-4-2-1-3-5-9/h1-5,10,12H,6-8H2,(H,16,17)(H,18,19)/t12-/m0/s1. The summed E-state index contributed by atoms with van der Waals surface area (Å²) < 4.78 is 28.1. The Balaban J connectivity index is 2.46.